The summed E-state index contributed by atoms with van der Waals surface area (Å²) in [7, 11) is 1.70. The Hall–Kier alpha value is -0.650. The van der Waals surface area contributed by atoms with Crippen LogP contribution in [-0.4, -0.2) is 62.4 Å². The van der Waals surface area contributed by atoms with Crippen LogP contribution < -0.4 is 5.32 Å². The van der Waals surface area contributed by atoms with Crippen molar-refractivity contribution in [2.45, 2.75) is 31.6 Å². The first-order chi connectivity index (χ1) is 7.72. The van der Waals surface area contributed by atoms with Gasteiger partial charge in [0.2, 0.25) is 5.91 Å². The maximum absolute atomic E-state index is 12.2. The van der Waals surface area contributed by atoms with Crippen LogP contribution in [0.4, 0.5) is 0 Å². The topological polar surface area (TPSA) is 50.8 Å². The van der Waals surface area contributed by atoms with E-state index in [1.165, 1.54) is 0 Å². The number of methoxy groups -OCH3 is 1. The van der Waals surface area contributed by atoms with E-state index in [2.05, 4.69) is 5.32 Å². The number of likely N-dealkylation sites (tertiary alicyclic amines) is 1. The van der Waals surface area contributed by atoms with Crippen molar-refractivity contribution in [2.75, 3.05) is 33.4 Å². The molecule has 5 heteroatoms. The summed E-state index contributed by atoms with van der Waals surface area (Å²) in [6, 6.07) is -0.190. The molecule has 0 aliphatic carbocycles. The van der Waals surface area contributed by atoms with Crippen molar-refractivity contribution < 1.29 is 14.3 Å². The summed E-state index contributed by atoms with van der Waals surface area (Å²) in [4.78, 5) is 14.1. The van der Waals surface area contributed by atoms with E-state index in [9.17, 15) is 4.79 Å². The van der Waals surface area contributed by atoms with E-state index in [0.29, 0.717) is 13.2 Å². The molecule has 1 amide bonds. The molecule has 2 heterocycles. The Kier molecular flexibility index (Phi) is 3.78. The molecule has 0 saturated carbocycles. The first kappa shape index (κ1) is 11.8. The largest absolute Gasteiger partial charge is 0.380 e. The lowest BCUT2D eigenvalue weighted by molar-refractivity contribution is -0.138. The van der Waals surface area contributed by atoms with Crippen LogP contribution in [0.2, 0.25) is 0 Å². The average Bonchev–Trinajstić information content (AvgIpc) is 2.77. The Labute approximate surface area is 96.1 Å². The zero-order valence-electron chi connectivity index (χ0n) is 9.94. The Balaban J connectivity index is 1.91. The lowest BCUT2D eigenvalue weighted by Gasteiger charge is -2.32. The SMILES string of the molecule is CO[C@H]1CCN(C(=O)[C@H]2NCCO[C@@H]2C)C1. The predicted octanol–water partition coefficient (Wildman–Crippen LogP) is -0.389. The fourth-order valence-corrected chi connectivity index (χ4v) is 2.33. The molecule has 2 aliphatic rings. The van der Waals surface area contributed by atoms with Gasteiger partial charge in [-0.2, -0.15) is 0 Å². The quantitative estimate of drug-likeness (QED) is 0.699. The number of amides is 1. The molecule has 92 valence electrons. The second-order valence-corrected chi connectivity index (χ2v) is 4.44. The van der Waals surface area contributed by atoms with E-state index in [-0.39, 0.29) is 24.2 Å². The van der Waals surface area contributed by atoms with Crippen molar-refractivity contribution in [3.63, 3.8) is 0 Å². The fraction of sp³-hybridized carbons (Fsp3) is 0.909. The molecule has 0 radical (unpaired) electrons. The van der Waals surface area contributed by atoms with Crippen LogP contribution in [0.3, 0.4) is 0 Å². The summed E-state index contributed by atoms with van der Waals surface area (Å²) in [5, 5.41) is 3.22. The minimum absolute atomic E-state index is 0.0390. The number of hydrogen-bond donors (Lipinski definition) is 1. The molecule has 16 heavy (non-hydrogen) atoms. The van der Waals surface area contributed by atoms with Crippen LogP contribution >= 0.6 is 0 Å². The van der Waals surface area contributed by atoms with Gasteiger partial charge in [-0.1, -0.05) is 0 Å². The molecule has 0 aromatic carbocycles. The molecule has 0 aromatic heterocycles. The number of carbonyl (C=O) groups excluding carboxylic acids is 1. The van der Waals surface area contributed by atoms with Crippen LogP contribution in [0.1, 0.15) is 13.3 Å². The van der Waals surface area contributed by atoms with Gasteiger partial charge in [0.05, 0.1) is 18.8 Å². The van der Waals surface area contributed by atoms with Crippen molar-refractivity contribution in [1.82, 2.24) is 10.2 Å². The summed E-state index contributed by atoms with van der Waals surface area (Å²) in [6.45, 7) is 4.88. The minimum Gasteiger partial charge on any atom is -0.380 e. The normalized spacial score (nSPS) is 35.4. The van der Waals surface area contributed by atoms with Crippen molar-refractivity contribution in [3.8, 4) is 0 Å². The maximum atomic E-state index is 12.2. The molecule has 2 fully saturated rings. The van der Waals surface area contributed by atoms with Crippen LogP contribution in [0, 0.1) is 0 Å². The van der Waals surface area contributed by atoms with E-state index < -0.39 is 0 Å². The van der Waals surface area contributed by atoms with Gasteiger partial charge in [-0.3, -0.25) is 4.79 Å². The maximum Gasteiger partial charge on any atom is 0.242 e. The number of morpholine rings is 1. The molecule has 2 rings (SSSR count). The Morgan fingerprint density at radius 2 is 2.38 bits per heavy atom. The highest BCUT2D eigenvalue weighted by molar-refractivity contribution is 5.83. The smallest absolute Gasteiger partial charge is 0.242 e. The lowest BCUT2D eigenvalue weighted by Crippen LogP contribution is -2.56. The zero-order valence-corrected chi connectivity index (χ0v) is 9.94. The molecular formula is C11H20N2O3. The van der Waals surface area contributed by atoms with Crippen LogP contribution in [-0.2, 0) is 14.3 Å². The number of rotatable bonds is 2. The van der Waals surface area contributed by atoms with Gasteiger partial charge in [0.1, 0.15) is 6.04 Å². The predicted molar refractivity (Wildman–Crippen MR) is 59.2 cm³/mol. The number of ether oxygens (including phenoxy) is 2. The molecule has 1 N–H and O–H groups in total. The third-order valence-corrected chi connectivity index (χ3v) is 3.37. The molecule has 0 aromatic rings. The van der Waals surface area contributed by atoms with Crippen LogP contribution in [0.15, 0.2) is 0 Å². The van der Waals surface area contributed by atoms with Gasteiger partial charge in [0, 0.05) is 26.7 Å². The summed E-state index contributed by atoms with van der Waals surface area (Å²) in [5.41, 5.74) is 0. The molecule has 5 nitrogen and oxygen atoms in total. The minimum atomic E-state index is -0.190. The van der Waals surface area contributed by atoms with Gasteiger partial charge in [0.25, 0.3) is 0 Å². The third kappa shape index (κ3) is 2.36. The van der Waals surface area contributed by atoms with E-state index in [4.69, 9.17) is 9.47 Å². The van der Waals surface area contributed by atoms with Gasteiger partial charge < -0.3 is 19.7 Å². The van der Waals surface area contributed by atoms with Crippen molar-refractivity contribution >= 4 is 5.91 Å². The third-order valence-electron chi connectivity index (χ3n) is 3.37. The number of nitrogens with zero attached hydrogens (tertiary/aromatic N) is 1. The molecular weight excluding hydrogens is 208 g/mol. The number of carbonyl (C=O) groups is 1. The molecule has 2 saturated heterocycles. The van der Waals surface area contributed by atoms with E-state index >= 15 is 0 Å². The van der Waals surface area contributed by atoms with Crippen molar-refractivity contribution in [2.24, 2.45) is 0 Å². The van der Waals surface area contributed by atoms with Crippen molar-refractivity contribution in [1.29, 1.82) is 0 Å². The Bertz CT molecular complexity index is 260. The monoisotopic (exact) mass is 228 g/mol. The Morgan fingerprint density at radius 1 is 1.56 bits per heavy atom. The van der Waals surface area contributed by atoms with E-state index in [0.717, 1.165) is 19.5 Å². The van der Waals surface area contributed by atoms with Crippen LogP contribution in [0.25, 0.3) is 0 Å². The number of nitrogens with one attached hydrogen (secondary N) is 1. The zero-order chi connectivity index (χ0) is 11.5. The van der Waals surface area contributed by atoms with Gasteiger partial charge in [-0.25, -0.2) is 0 Å². The average molecular weight is 228 g/mol. The Morgan fingerprint density at radius 3 is 3.00 bits per heavy atom. The molecule has 3 atom stereocenters. The summed E-state index contributed by atoms with van der Waals surface area (Å²) >= 11 is 0. The van der Waals surface area contributed by atoms with Gasteiger partial charge in [-0.05, 0) is 13.3 Å². The van der Waals surface area contributed by atoms with Gasteiger partial charge >= 0.3 is 0 Å². The standard InChI is InChI=1S/C11H20N2O3/c1-8-10(12-4-6-16-8)11(14)13-5-3-9(7-13)15-2/h8-10,12H,3-7H2,1-2H3/t8-,9+,10+/m1/s1. The van der Waals surface area contributed by atoms with Crippen LogP contribution in [0.5, 0.6) is 0 Å². The van der Waals surface area contributed by atoms with Crippen molar-refractivity contribution in [3.05, 3.63) is 0 Å². The second-order valence-electron chi connectivity index (χ2n) is 4.44. The molecule has 2 aliphatic heterocycles. The first-order valence-corrected chi connectivity index (χ1v) is 5.89. The summed E-state index contributed by atoms with van der Waals surface area (Å²) in [6.07, 6.45) is 1.09. The highest BCUT2D eigenvalue weighted by Gasteiger charge is 2.35. The van der Waals surface area contributed by atoms with Gasteiger partial charge in [0.15, 0.2) is 0 Å². The second kappa shape index (κ2) is 5.12. The molecule has 0 spiro atoms. The molecule has 0 unspecified atom stereocenters. The number of hydrogen-bond acceptors (Lipinski definition) is 4. The fourth-order valence-electron chi connectivity index (χ4n) is 2.33. The highest BCUT2D eigenvalue weighted by Crippen LogP contribution is 2.15. The lowest BCUT2D eigenvalue weighted by atomic mass is 10.1. The molecule has 0 bridgehead atoms. The summed E-state index contributed by atoms with van der Waals surface area (Å²) in [5.74, 6) is 0.145. The van der Waals surface area contributed by atoms with E-state index in [1.807, 2.05) is 11.8 Å². The van der Waals surface area contributed by atoms with E-state index in [1.54, 1.807) is 7.11 Å². The highest BCUT2D eigenvalue weighted by atomic mass is 16.5. The first-order valence-electron chi connectivity index (χ1n) is 5.89. The van der Waals surface area contributed by atoms with Gasteiger partial charge in [-0.15, -0.1) is 0 Å². The summed E-state index contributed by atoms with van der Waals surface area (Å²) < 4.78 is 10.7.